The minimum atomic E-state index is -0.523. The van der Waals surface area contributed by atoms with E-state index >= 15 is 0 Å². The van der Waals surface area contributed by atoms with Gasteiger partial charge < -0.3 is 15.4 Å². The number of nitrogens with zero attached hydrogens (tertiary/aromatic N) is 5. The Hall–Kier alpha value is -3.27. The van der Waals surface area contributed by atoms with E-state index in [1.54, 1.807) is 36.0 Å². The Morgan fingerprint density at radius 1 is 1.19 bits per heavy atom. The molecule has 37 heavy (non-hydrogen) atoms. The predicted molar refractivity (Wildman–Crippen MR) is 135 cm³/mol. The van der Waals surface area contributed by atoms with Gasteiger partial charge in [-0.1, -0.05) is 23.7 Å². The number of hydrogen-bond donors (Lipinski definition) is 1. The van der Waals surface area contributed by atoms with Crippen molar-refractivity contribution in [3.8, 4) is 0 Å². The lowest BCUT2D eigenvalue weighted by atomic mass is 9.46. The molecule has 1 amide bonds. The van der Waals surface area contributed by atoms with Gasteiger partial charge in [-0.2, -0.15) is 9.78 Å². The number of nitro groups is 1. The Bertz CT molecular complexity index is 1370. The standard InChI is InChI=1S/C26H28ClFN6O3/c1-16-23(27)24(34(36)37)31-33(16)26-11-18-8-19(12-26)10-25(9-18,15-26)13-22(35)29-21-6-7-32(30-21)14-17-2-4-20(28)5-3-17/h2-7,18-19H,8-15H2,1H3,(H,29,30,35). The highest BCUT2D eigenvalue weighted by Gasteiger charge is 2.60. The maximum Gasteiger partial charge on any atom is 0.408 e. The molecule has 2 atom stereocenters. The van der Waals surface area contributed by atoms with Crippen molar-refractivity contribution < 1.29 is 14.1 Å². The van der Waals surface area contributed by atoms with Crippen molar-refractivity contribution in [1.82, 2.24) is 19.6 Å². The molecule has 1 aromatic carbocycles. The third-order valence-corrected chi connectivity index (χ3v) is 8.94. The average Bonchev–Trinajstić information content (AvgIpc) is 3.38. The van der Waals surface area contributed by atoms with E-state index in [1.165, 1.54) is 12.1 Å². The van der Waals surface area contributed by atoms with Crippen LogP contribution in [0.25, 0.3) is 0 Å². The van der Waals surface area contributed by atoms with Gasteiger partial charge in [0.05, 0.1) is 22.9 Å². The zero-order valence-corrected chi connectivity index (χ0v) is 21.2. The number of halogens is 2. The molecule has 4 bridgehead atoms. The summed E-state index contributed by atoms with van der Waals surface area (Å²) in [5.74, 6) is 0.753. The number of nitrogens with one attached hydrogen (secondary N) is 1. The molecule has 0 aliphatic heterocycles. The molecule has 4 aliphatic rings. The van der Waals surface area contributed by atoms with Crippen molar-refractivity contribution in [3.05, 3.63) is 68.7 Å². The molecule has 11 heteroatoms. The van der Waals surface area contributed by atoms with Crippen LogP contribution in [0.5, 0.6) is 0 Å². The van der Waals surface area contributed by atoms with Crippen LogP contribution < -0.4 is 5.32 Å². The topological polar surface area (TPSA) is 108 Å². The minimum Gasteiger partial charge on any atom is -0.358 e. The first-order valence-corrected chi connectivity index (χ1v) is 13.0. The molecule has 0 spiro atoms. The summed E-state index contributed by atoms with van der Waals surface area (Å²) in [7, 11) is 0. The Morgan fingerprint density at radius 2 is 1.89 bits per heavy atom. The van der Waals surface area contributed by atoms with Crippen LogP contribution in [-0.4, -0.2) is 30.4 Å². The summed E-state index contributed by atoms with van der Waals surface area (Å²) in [5, 5.41) is 23.4. The molecule has 1 N–H and O–H groups in total. The Labute approximate surface area is 218 Å². The summed E-state index contributed by atoms with van der Waals surface area (Å²) in [5.41, 5.74) is 1.02. The largest absolute Gasteiger partial charge is 0.408 e. The lowest BCUT2D eigenvalue weighted by Gasteiger charge is -2.61. The average molecular weight is 527 g/mol. The molecule has 4 aliphatic carbocycles. The second kappa shape index (κ2) is 8.65. The normalized spacial score (nSPS) is 28.0. The van der Waals surface area contributed by atoms with Crippen LogP contribution >= 0.6 is 11.6 Å². The summed E-state index contributed by atoms with van der Waals surface area (Å²) in [6.45, 7) is 2.27. The number of carbonyl (C=O) groups excluding carboxylic acids is 1. The van der Waals surface area contributed by atoms with Crippen LogP contribution in [0, 0.1) is 40.1 Å². The third-order valence-electron chi connectivity index (χ3n) is 8.50. The fraction of sp³-hybridized carbons (Fsp3) is 0.500. The number of amides is 1. The summed E-state index contributed by atoms with van der Waals surface area (Å²) < 4.78 is 16.7. The van der Waals surface area contributed by atoms with Crippen molar-refractivity contribution in [2.75, 3.05) is 5.32 Å². The van der Waals surface area contributed by atoms with Crippen molar-refractivity contribution in [1.29, 1.82) is 0 Å². The van der Waals surface area contributed by atoms with Crippen LogP contribution in [0.1, 0.15) is 56.2 Å². The van der Waals surface area contributed by atoms with E-state index in [4.69, 9.17) is 11.6 Å². The summed E-state index contributed by atoms with van der Waals surface area (Å²) in [6.07, 6.45) is 7.85. The number of rotatable bonds is 7. The fourth-order valence-electron chi connectivity index (χ4n) is 7.72. The molecule has 0 saturated heterocycles. The maximum absolute atomic E-state index is 13.2. The molecule has 2 heterocycles. The highest BCUT2D eigenvalue weighted by molar-refractivity contribution is 6.33. The zero-order chi connectivity index (χ0) is 25.9. The fourth-order valence-corrected chi connectivity index (χ4v) is 7.91. The summed E-state index contributed by atoms with van der Waals surface area (Å²) in [4.78, 5) is 24.2. The molecule has 4 saturated carbocycles. The molecular formula is C26H28ClFN6O3. The lowest BCUT2D eigenvalue weighted by Crippen LogP contribution is -2.57. The van der Waals surface area contributed by atoms with Crippen LogP contribution in [0.4, 0.5) is 16.0 Å². The van der Waals surface area contributed by atoms with Crippen molar-refractivity contribution in [2.24, 2.45) is 17.3 Å². The Kier molecular flexibility index (Phi) is 5.63. The van der Waals surface area contributed by atoms with Gasteiger partial charge in [0.2, 0.25) is 5.91 Å². The van der Waals surface area contributed by atoms with E-state index in [9.17, 15) is 19.3 Å². The molecule has 0 radical (unpaired) electrons. The van der Waals surface area contributed by atoms with Gasteiger partial charge in [0, 0.05) is 18.7 Å². The van der Waals surface area contributed by atoms with Gasteiger partial charge in [0.1, 0.15) is 5.82 Å². The molecule has 4 fully saturated rings. The van der Waals surface area contributed by atoms with Gasteiger partial charge in [-0.3, -0.25) is 9.48 Å². The number of aromatic nitrogens is 4. The minimum absolute atomic E-state index is 0.0784. The predicted octanol–water partition coefficient (Wildman–Crippen LogP) is 5.46. The van der Waals surface area contributed by atoms with Crippen LogP contribution in [-0.2, 0) is 16.9 Å². The monoisotopic (exact) mass is 526 g/mol. The highest BCUT2D eigenvalue weighted by atomic mass is 35.5. The molecule has 3 aromatic rings. The van der Waals surface area contributed by atoms with Crippen LogP contribution in [0.2, 0.25) is 5.02 Å². The molecular weight excluding hydrogens is 499 g/mol. The molecule has 2 aromatic heterocycles. The van der Waals surface area contributed by atoms with E-state index in [0.717, 1.165) is 44.1 Å². The number of anilines is 1. The number of carbonyl (C=O) groups is 1. The van der Waals surface area contributed by atoms with E-state index in [1.807, 2.05) is 4.68 Å². The lowest BCUT2D eigenvalue weighted by molar-refractivity contribution is -0.389. The van der Waals surface area contributed by atoms with E-state index < -0.39 is 4.92 Å². The van der Waals surface area contributed by atoms with Crippen LogP contribution in [0.15, 0.2) is 36.5 Å². The smallest absolute Gasteiger partial charge is 0.358 e. The van der Waals surface area contributed by atoms with Gasteiger partial charge in [0.15, 0.2) is 10.8 Å². The second-order valence-electron chi connectivity index (χ2n) is 11.3. The maximum atomic E-state index is 13.2. The second-order valence-corrected chi connectivity index (χ2v) is 11.7. The van der Waals surface area contributed by atoms with Crippen molar-refractivity contribution in [3.63, 3.8) is 0 Å². The first kappa shape index (κ1) is 24.1. The van der Waals surface area contributed by atoms with Crippen molar-refractivity contribution in [2.45, 2.75) is 64.0 Å². The molecule has 194 valence electrons. The SMILES string of the molecule is Cc1c(Cl)c([N+](=O)[O-])nn1C12CC3CC(CC(CC(=O)Nc4ccn(Cc5ccc(F)cc5)n4)(C3)C1)C2. The van der Waals surface area contributed by atoms with E-state index in [2.05, 4.69) is 15.5 Å². The first-order valence-electron chi connectivity index (χ1n) is 12.6. The van der Waals surface area contributed by atoms with Gasteiger partial charge in [-0.05, 0) is 85.3 Å². The zero-order valence-electron chi connectivity index (χ0n) is 20.5. The van der Waals surface area contributed by atoms with Gasteiger partial charge in [0.25, 0.3) is 0 Å². The van der Waals surface area contributed by atoms with E-state index in [0.29, 0.717) is 36.3 Å². The van der Waals surface area contributed by atoms with E-state index in [-0.39, 0.29) is 33.5 Å². The quantitative estimate of drug-likeness (QED) is 0.325. The Morgan fingerprint density at radius 3 is 2.54 bits per heavy atom. The summed E-state index contributed by atoms with van der Waals surface area (Å²) in [6, 6.07) is 8.01. The summed E-state index contributed by atoms with van der Waals surface area (Å²) >= 11 is 6.30. The van der Waals surface area contributed by atoms with Gasteiger partial charge >= 0.3 is 5.82 Å². The molecule has 7 rings (SSSR count). The highest BCUT2D eigenvalue weighted by Crippen LogP contribution is 2.65. The van der Waals surface area contributed by atoms with Crippen molar-refractivity contribution >= 4 is 29.1 Å². The number of hydrogen-bond acceptors (Lipinski definition) is 5. The molecule has 2 unspecified atom stereocenters. The van der Waals surface area contributed by atoms with Gasteiger partial charge in [-0.15, -0.1) is 0 Å². The third kappa shape index (κ3) is 4.31. The van der Waals surface area contributed by atoms with Crippen LogP contribution in [0.3, 0.4) is 0 Å². The Balaban J connectivity index is 1.18. The first-order chi connectivity index (χ1) is 17.6. The number of benzene rings is 1. The molecule has 9 nitrogen and oxygen atoms in total. The van der Waals surface area contributed by atoms with Gasteiger partial charge in [-0.25, -0.2) is 4.39 Å².